The predicted molar refractivity (Wildman–Crippen MR) is 57.6 cm³/mol. The molecule has 0 aliphatic heterocycles. The SMILES string of the molecule is CC(C)OC(=O)NCC1CCC(O)CC1. The average molecular weight is 215 g/mol. The van der Waals surface area contributed by atoms with Crippen LogP contribution < -0.4 is 5.32 Å². The fourth-order valence-electron chi connectivity index (χ4n) is 1.83. The smallest absolute Gasteiger partial charge is 0.407 e. The van der Waals surface area contributed by atoms with Crippen LogP contribution in [0.4, 0.5) is 4.79 Å². The highest BCUT2D eigenvalue weighted by Gasteiger charge is 2.19. The maximum atomic E-state index is 11.2. The van der Waals surface area contributed by atoms with Crippen LogP contribution in [-0.2, 0) is 4.74 Å². The van der Waals surface area contributed by atoms with Crippen molar-refractivity contribution >= 4 is 6.09 Å². The van der Waals surface area contributed by atoms with Crippen LogP contribution in [0.15, 0.2) is 0 Å². The Balaban J connectivity index is 2.12. The number of amides is 1. The van der Waals surface area contributed by atoms with Crippen molar-refractivity contribution in [1.29, 1.82) is 0 Å². The van der Waals surface area contributed by atoms with Crippen molar-refractivity contribution in [3.63, 3.8) is 0 Å². The van der Waals surface area contributed by atoms with Gasteiger partial charge < -0.3 is 15.2 Å². The monoisotopic (exact) mass is 215 g/mol. The zero-order chi connectivity index (χ0) is 11.3. The first-order chi connectivity index (χ1) is 7.08. The predicted octanol–water partition coefficient (Wildman–Crippen LogP) is 1.67. The number of hydrogen-bond donors (Lipinski definition) is 2. The number of alkyl carbamates (subject to hydrolysis) is 1. The van der Waals surface area contributed by atoms with E-state index in [1.54, 1.807) is 0 Å². The maximum Gasteiger partial charge on any atom is 0.407 e. The highest BCUT2D eigenvalue weighted by Crippen LogP contribution is 2.23. The lowest BCUT2D eigenvalue weighted by molar-refractivity contribution is 0.0995. The molecule has 0 bridgehead atoms. The van der Waals surface area contributed by atoms with Crippen molar-refractivity contribution < 1.29 is 14.6 Å². The van der Waals surface area contributed by atoms with E-state index in [4.69, 9.17) is 4.74 Å². The molecule has 1 saturated carbocycles. The second-order valence-electron chi connectivity index (χ2n) is 4.51. The van der Waals surface area contributed by atoms with E-state index in [9.17, 15) is 9.90 Å². The van der Waals surface area contributed by atoms with E-state index in [0.717, 1.165) is 25.7 Å². The van der Waals surface area contributed by atoms with Crippen LogP contribution >= 0.6 is 0 Å². The Morgan fingerprint density at radius 2 is 2.00 bits per heavy atom. The van der Waals surface area contributed by atoms with Crippen LogP contribution in [0.2, 0.25) is 0 Å². The molecule has 2 N–H and O–H groups in total. The molecule has 1 rings (SSSR count). The molecule has 1 aliphatic rings. The third kappa shape index (κ3) is 5.02. The van der Waals surface area contributed by atoms with Crippen LogP contribution in [0, 0.1) is 5.92 Å². The molecule has 1 fully saturated rings. The molecule has 0 aromatic rings. The van der Waals surface area contributed by atoms with Crippen molar-refractivity contribution in [2.45, 2.75) is 51.7 Å². The van der Waals surface area contributed by atoms with E-state index in [2.05, 4.69) is 5.32 Å². The van der Waals surface area contributed by atoms with Gasteiger partial charge >= 0.3 is 6.09 Å². The Kier molecular flexibility index (Phi) is 4.88. The first-order valence-electron chi connectivity index (χ1n) is 5.70. The number of aliphatic hydroxyl groups excluding tert-OH is 1. The molecular weight excluding hydrogens is 194 g/mol. The summed E-state index contributed by atoms with van der Waals surface area (Å²) < 4.78 is 4.96. The lowest BCUT2D eigenvalue weighted by Gasteiger charge is -2.25. The molecule has 4 nitrogen and oxygen atoms in total. The van der Waals surface area contributed by atoms with Gasteiger partial charge in [0.15, 0.2) is 0 Å². The number of carbonyl (C=O) groups excluding carboxylic acids is 1. The van der Waals surface area contributed by atoms with Crippen molar-refractivity contribution in [3.05, 3.63) is 0 Å². The molecule has 88 valence electrons. The van der Waals surface area contributed by atoms with Crippen molar-refractivity contribution in [1.82, 2.24) is 5.32 Å². The van der Waals surface area contributed by atoms with Crippen molar-refractivity contribution in [2.24, 2.45) is 5.92 Å². The normalized spacial score (nSPS) is 26.4. The highest BCUT2D eigenvalue weighted by atomic mass is 16.6. The van der Waals surface area contributed by atoms with E-state index in [0.29, 0.717) is 12.5 Å². The Morgan fingerprint density at radius 3 is 2.53 bits per heavy atom. The lowest BCUT2D eigenvalue weighted by Crippen LogP contribution is -2.33. The van der Waals surface area contributed by atoms with Crippen molar-refractivity contribution in [3.8, 4) is 0 Å². The third-order valence-corrected chi connectivity index (χ3v) is 2.69. The minimum absolute atomic E-state index is 0.0711. The molecule has 15 heavy (non-hydrogen) atoms. The van der Waals surface area contributed by atoms with E-state index in [1.807, 2.05) is 13.8 Å². The second-order valence-corrected chi connectivity index (χ2v) is 4.51. The van der Waals surface area contributed by atoms with Crippen LogP contribution in [0.3, 0.4) is 0 Å². The van der Waals surface area contributed by atoms with Gasteiger partial charge in [0.1, 0.15) is 0 Å². The van der Waals surface area contributed by atoms with Gasteiger partial charge in [-0.25, -0.2) is 4.79 Å². The topological polar surface area (TPSA) is 58.6 Å². The van der Waals surface area contributed by atoms with E-state index >= 15 is 0 Å². The zero-order valence-electron chi connectivity index (χ0n) is 9.53. The van der Waals surface area contributed by atoms with Crippen LogP contribution in [0.1, 0.15) is 39.5 Å². The zero-order valence-corrected chi connectivity index (χ0v) is 9.53. The summed E-state index contributed by atoms with van der Waals surface area (Å²) >= 11 is 0. The van der Waals surface area contributed by atoms with Gasteiger partial charge in [0, 0.05) is 6.54 Å². The first kappa shape index (κ1) is 12.3. The number of rotatable bonds is 3. The second kappa shape index (κ2) is 5.95. The maximum absolute atomic E-state index is 11.2. The summed E-state index contributed by atoms with van der Waals surface area (Å²) in [5, 5.41) is 12.1. The fourth-order valence-corrected chi connectivity index (χ4v) is 1.83. The van der Waals surface area contributed by atoms with E-state index in [1.165, 1.54) is 0 Å². The Labute approximate surface area is 91.0 Å². The van der Waals surface area contributed by atoms with Gasteiger partial charge in [-0.3, -0.25) is 0 Å². The summed E-state index contributed by atoms with van der Waals surface area (Å²) in [6.07, 6.45) is 3.14. The molecule has 0 radical (unpaired) electrons. The van der Waals surface area contributed by atoms with Gasteiger partial charge in [-0.15, -0.1) is 0 Å². The number of aliphatic hydroxyl groups is 1. The number of carbonyl (C=O) groups is 1. The Hall–Kier alpha value is -0.770. The van der Waals surface area contributed by atoms with E-state index < -0.39 is 0 Å². The average Bonchev–Trinajstić information content (AvgIpc) is 2.16. The summed E-state index contributed by atoms with van der Waals surface area (Å²) in [4.78, 5) is 11.2. The van der Waals surface area contributed by atoms with Gasteiger partial charge in [-0.05, 0) is 45.4 Å². The summed E-state index contributed by atoms with van der Waals surface area (Å²) in [6, 6.07) is 0. The highest BCUT2D eigenvalue weighted by molar-refractivity contribution is 5.67. The largest absolute Gasteiger partial charge is 0.447 e. The summed E-state index contributed by atoms with van der Waals surface area (Å²) in [5.74, 6) is 0.494. The molecule has 0 heterocycles. The van der Waals surface area contributed by atoms with Crippen molar-refractivity contribution in [2.75, 3.05) is 6.54 Å². The van der Waals surface area contributed by atoms with Gasteiger partial charge in [-0.2, -0.15) is 0 Å². The quantitative estimate of drug-likeness (QED) is 0.753. The van der Waals surface area contributed by atoms with Gasteiger partial charge in [-0.1, -0.05) is 0 Å². The van der Waals surface area contributed by atoms with Gasteiger partial charge in [0.05, 0.1) is 12.2 Å². The lowest BCUT2D eigenvalue weighted by atomic mass is 9.87. The van der Waals surface area contributed by atoms with Gasteiger partial charge in [0.25, 0.3) is 0 Å². The number of hydrogen-bond acceptors (Lipinski definition) is 3. The first-order valence-corrected chi connectivity index (χ1v) is 5.70. The third-order valence-electron chi connectivity index (χ3n) is 2.69. The Bertz CT molecular complexity index is 198. The van der Waals surface area contributed by atoms with Crippen LogP contribution in [0.25, 0.3) is 0 Å². The molecule has 1 amide bonds. The molecule has 0 unspecified atom stereocenters. The summed E-state index contributed by atoms with van der Waals surface area (Å²) in [5.41, 5.74) is 0. The molecule has 0 saturated heterocycles. The number of ether oxygens (including phenoxy) is 1. The molecule has 0 atom stereocenters. The van der Waals surface area contributed by atoms with Gasteiger partial charge in [0.2, 0.25) is 0 Å². The molecule has 0 aromatic carbocycles. The summed E-state index contributed by atoms with van der Waals surface area (Å²) in [6.45, 7) is 4.32. The summed E-state index contributed by atoms with van der Waals surface area (Å²) in [7, 11) is 0. The van der Waals surface area contributed by atoms with Crippen LogP contribution in [0.5, 0.6) is 0 Å². The standard InChI is InChI=1S/C11H21NO3/c1-8(2)15-11(14)12-7-9-3-5-10(13)6-4-9/h8-10,13H,3-7H2,1-2H3,(H,12,14). The molecular formula is C11H21NO3. The molecule has 1 aliphatic carbocycles. The molecule has 4 heteroatoms. The number of nitrogens with one attached hydrogen (secondary N) is 1. The molecule has 0 spiro atoms. The minimum atomic E-state index is -0.337. The molecule has 0 aromatic heterocycles. The van der Waals surface area contributed by atoms with E-state index in [-0.39, 0.29) is 18.3 Å². The van der Waals surface area contributed by atoms with Crippen LogP contribution in [-0.4, -0.2) is 30.0 Å². The Morgan fingerprint density at radius 1 is 1.40 bits per heavy atom. The minimum Gasteiger partial charge on any atom is -0.447 e. The fraction of sp³-hybridized carbons (Fsp3) is 0.909.